The largest absolute Gasteiger partial charge is 0.394 e. The summed E-state index contributed by atoms with van der Waals surface area (Å²) in [5, 5.41) is 20.4. The van der Waals surface area contributed by atoms with Gasteiger partial charge in [0.05, 0.1) is 6.61 Å². The minimum absolute atomic E-state index is 0.126. The molecule has 0 radical (unpaired) electrons. The molecular formula is C16H28N3O7P. The average molecular weight is 405 g/mol. The van der Waals surface area contributed by atoms with Crippen molar-refractivity contribution >= 4 is 8.53 Å². The van der Waals surface area contributed by atoms with Crippen molar-refractivity contribution in [3.63, 3.8) is 0 Å². The molecule has 1 aromatic rings. The van der Waals surface area contributed by atoms with Crippen molar-refractivity contribution in [1.29, 1.82) is 0 Å². The van der Waals surface area contributed by atoms with Gasteiger partial charge < -0.3 is 24.0 Å². The second-order valence-electron chi connectivity index (χ2n) is 6.81. The Morgan fingerprint density at radius 3 is 2.44 bits per heavy atom. The van der Waals surface area contributed by atoms with Crippen LogP contribution in [0.5, 0.6) is 0 Å². The molecule has 154 valence electrons. The van der Waals surface area contributed by atoms with Gasteiger partial charge in [0.1, 0.15) is 18.3 Å². The lowest BCUT2D eigenvalue weighted by atomic mass is 10.1. The predicted molar refractivity (Wildman–Crippen MR) is 99.2 cm³/mol. The Bertz CT molecular complexity index is 714. The predicted octanol–water partition coefficient (Wildman–Crippen LogP) is 0.165. The van der Waals surface area contributed by atoms with Gasteiger partial charge in [-0.1, -0.05) is 0 Å². The van der Waals surface area contributed by atoms with Crippen LogP contribution < -0.4 is 11.2 Å². The Hall–Kier alpha value is -1.13. The summed E-state index contributed by atoms with van der Waals surface area (Å²) in [5.74, 6) is 0. The van der Waals surface area contributed by atoms with Crippen molar-refractivity contribution in [2.24, 2.45) is 0 Å². The number of nitrogens with one attached hydrogen (secondary N) is 1. The third-order valence-corrected chi connectivity index (χ3v) is 6.27. The number of H-pyrrole nitrogens is 1. The molecule has 0 amide bonds. The Morgan fingerprint density at radius 1 is 1.33 bits per heavy atom. The van der Waals surface area contributed by atoms with Crippen molar-refractivity contribution in [2.45, 2.75) is 64.3 Å². The van der Waals surface area contributed by atoms with Gasteiger partial charge in [0.2, 0.25) is 0 Å². The number of hydrogen-bond acceptors (Lipinski definition) is 8. The number of aromatic nitrogens is 2. The first kappa shape index (κ1) is 22.2. The maximum absolute atomic E-state index is 12.0. The molecule has 5 atom stereocenters. The summed E-state index contributed by atoms with van der Waals surface area (Å²) >= 11 is 0. The third kappa shape index (κ3) is 4.83. The highest BCUT2D eigenvalue weighted by Gasteiger charge is 2.48. The molecule has 1 aromatic heterocycles. The van der Waals surface area contributed by atoms with E-state index in [9.17, 15) is 19.8 Å². The minimum atomic E-state index is -1.53. The molecule has 1 aliphatic heterocycles. The molecule has 0 saturated carbocycles. The summed E-state index contributed by atoms with van der Waals surface area (Å²) in [4.78, 5) is 25.4. The molecule has 3 N–H and O–H groups in total. The van der Waals surface area contributed by atoms with Gasteiger partial charge in [0.15, 0.2) is 6.23 Å². The van der Waals surface area contributed by atoms with E-state index in [1.54, 1.807) is 0 Å². The molecule has 2 rings (SSSR count). The second-order valence-corrected chi connectivity index (χ2v) is 8.33. The second kappa shape index (κ2) is 9.38. The van der Waals surface area contributed by atoms with Crippen LogP contribution in [0.15, 0.2) is 21.9 Å². The van der Waals surface area contributed by atoms with Crippen molar-refractivity contribution < 1.29 is 24.0 Å². The summed E-state index contributed by atoms with van der Waals surface area (Å²) in [6.07, 6.45) is -2.88. The lowest BCUT2D eigenvalue weighted by molar-refractivity contribution is -0.0546. The van der Waals surface area contributed by atoms with E-state index in [0.29, 0.717) is 0 Å². The van der Waals surface area contributed by atoms with E-state index < -0.39 is 50.9 Å². The van der Waals surface area contributed by atoms with Gasteiger partial charge in [-0.3, -0.25) is 14.3 Å². The summed E-state index contributed by atoms with van der Waals surface area (Å²) in [6.45, 7) is 7.61. The van der Waals surface area contributed by atoms with Crippen molar-refractivity contribution in [3.8, 4) is 0 Å². The Labute approximate surface area is 158 Å². The quantitative estimate of drug-likeness (QED) is 0.523. The number of rotatable bonds is 8. The number of ether oxygens (including phenoxy) is 1. The average Bonchev–Trinajstić information content (AvgIpc) is 2.89. The molecule has 1 unspecified atom stereocenters. The first-order valence-electron chi connectivity index (χ1n) is 8.76. The summed E-state index contributed by atoms with van der Waals surface area (Å²) in [5.41, 5.74) is -1.27. The van der Waals surface area contributed by atoms with Gasteiger partial charge in [0, 0.05) is 31.5 Å². The van der Waals surface area contributed by atoms with Crippen LogP contribution in [0.3, 0.4) is 0 Å². The van der Waals surface area contributed by atoms with Crippen molar-refractivity contribution in [2.75, 3.05) is 13.7 Å². The zero-order valence-electron chi connectivity index (χ0n) is 16.1. The number of hydrogen-bond donors (Lipinski definition) is 3. The summed E-state index contributed by atoms with van der Waals surface area (Å²) < 4.78 is 20.3. The van der Waals surface area contributed by atoms with Crippen LogP contribution in [0.25, 0.3) is 0 Å². The Morgan fingerprint density at radius 2 is 1.96 bits per heavy atom. The molecular weight excluding hydrogens is 377 g/mol. The first-order chi connectivity index (χ1) is 12.7. The van der Waals surface area contributed by atoms with Gasteiger partial charge in [-0.05, 0) is 27.7 Å². The van der Waals surface area contributed by atoms with Gasteiger partial charge >= 0.3 is 5.69 Å². The topological polar surface area (TPSA) is 126 Å². The third-order valence-electron chi connectivity index (χ3n) is 4.23. The van der Waals surface area contributed by atoms with Crippen LogP contribution in [0.4, 0.5) is 0 Å². The zero-order valence-corrected chi connectivity index (χ0v) is 17.0. The van der Waals surface area contributed by atoms with Crippen LogP contribution in [0.2, 0.25) is 0 Å². The normalized spacial score (nSPS) is 27.0. The lowest BCUT2D eigenvalue weighted by Crippen LogP contribution is -2.40. The van der Waals surface area contributed by atoms with Gasteiger partial charge in [-0.2, -0.15) is 0 Å². The van der Waals surface area contributed by atoms with E-state index in [-0.39, 0.29) is 12.1 Å². The molecule has 0 spiro atoms. The van der Waals surface area contributed by atoms with Crippen LogP contribution in [-0.4, -0.2) is 68.5 Å². The van der Waals surface area contributed by atoms with E-state index in [1.807, 2.05) is 32.4 Å². The van der Waals surface area contributed by atoms with Crippen LogP contribution >= 0.6 is 8.53 Å². The van der Waals surface area contributed by atoms with Crippen LogP contribution in [0.1, 0.15) is 33.9 Å². The van der Waals surface area contributed by atoms with E-state index in [4.69, 9.17) is 13.8 Å². The van der Waals surface area contributed by atoms with Crippen molar-refractivity contribution in [3.05, 3.63) is 33.1 Å². The van der Waals surface area contributed by atoms with E-state index in [2.05, 4.69) is 4.98 Å². The molecule has 11 heteroatoms. The highest BCUT2D eigenvalue weighted by Crippen LogP contribution is 2.49. The number of aliphatic hydroxyl groups excluding tert-OH is 2. The van der Waals surface area contributed by atoms with E-state index in [0.717, 1.165) is 10.6 Å². The SMILES string of the molecule is COP(O[C@H]1[C@@H](O)[C@H](n2ccc(=O)[nH]c2=O)O[C@@H]1CO)N(C(C)C)C(C)C. The standard InChI is InChI=1S/C16H28N3O7P/c1-9(2)19(10(3)4)27(24-5)26-14-11(8-20)25-15(13(14)22)18-7-6-12(21)17-16(18)23/h6-7,9-11,13-15,20,22H,8H2,1-5H3,(H,17,21,23)/t11-,13-,14-,15-,27?/m1/s1. The fourth-order valence-electron chi connectivity index (χ4n) is 3.12. The maximum Gasteiger partial charge on any atom is 0.330 e. The Balaban J connectivity index is 2.27. The zero-order chi connectivity index (χ0) is 20.3. The van der Waals surface area contributed by atoms with Gasteiger partial charge in [-0.15, -0.1) is 0 Å². The van der Waals surface area contributed by atoms with Crippen LogP contribution in [-0.2, 0) is 13.8 Å². The molecule has 0 bridgehead atoms. The number of aliphatic hydroxyl groups is 2. The van der Waals surface area contributed by atoms with Crippen molar-refractivity contribution in [1.82, 2.24) is 14.2 Å². The fourth-order valence-corrected chi connectivity index (χ4v) is 4.73. The molecule has 10 nitrogen and oxygen atoms in total. The number of nitrogens with zero attached hydrogens (tertiary/aromatic N) is 2. The fraction of sp³-hybridized carbons (Fsp3) is 0.750. The first-order valence-corrected chi connectivity index (χ1v) is 9.89. The van der Waals surface area contributed by atoms with E-state index in [1.165, 1.54) is 13.3 Å². The van der Waals surface area contributed by atoms with E-state index >= 15 is 0 Å². The monoisotopic (exact) mass is 405 g/mol. The molecule has 2 heterocycles. The molecule has 1 aliphatic rings. The molecule has 1 saturated heterocycles. The smallest absolute Gasteiger partial charge is 0.330 e. The molecule has 0 aliphatic carbocycles. The molecule has 27 heavy (non-hydrogen) atoms. The number of aromatic amines is 1. The Kier molecular flexibility index (Phi) is 7.70. The lowest BCUT2D eigenvalue weighted by Gasteiger charge is -2.37. The molecule has 0 aromatic carbocycles. The van der Waals surface area contributed by atoms with Crippen LogP contribution in [0, 0.1) is 0 Å². The van der Waals surface area contributed by atoms with Gasteiger partial charge in [-0.25, -0.2) is 9.46 Å². The molecule has 1 fully saturated rings. The highest BCUT2D eigenvalue weighted by atomic mass is 31.2. The maximum atomic E-state index is 12.0. The summed E-state index contributed by atoms with van der Waals surface area (Å²) in [7, 11) is -0.0171. The van der Waals surface area contributed by atoms with Gasteiger partial charge in [0.25, 0.3) is 14.1 Å². The minimum Gasteiger partial charge on any atom is -0.394 e. The highest BCUT2D eigenvalue weighted by molar-refractivity contribution is 7.44. The summed E-state index contributed by atoms with van der Waals surface area (Å²) in [6, 6.07) is 1.41.